The second-order valence-electron chi connectivity index (χ2n) is 7.02. The van der Waals surface area contributed by atoms with E-state index >= 15 is 0 Å². The molecule has 0 bridgehead atoms. The maximum atomic E-state index is 13.1. The number of nitrogens with zero attached hydrogens (tertiary/aromatic N) is 4. The molecule has 1 aromatic carbocycles. The first-order chi connectivity index (χ1) is 14.7. The number of alkyl halides is 3. The number of carbonyl (C=O) groups is 1. The lowest BCUT2D eigenvalue weighted by molar-refractivity contribution is -0.141. The molecule has 0 spiro atoms. The van der Waals surface area contributed by atoms with E-state index in [-0.39, 0.29) is 18.3 Å². The number of ether oxygens (including phenoxy) is 1. The van der Waals surface area contributed by atoms with Crippen molar-refractivity contribution in [1.82, 2.24) is 19.6 Å². The van der Waals surface area contributed by atoms with E-state index in [2.05, 4.69) is 15.5 Å². The van der Waals surface area contributed by atoms with Crippen molar-refractivity contribution >= 4 is 34.8 Å². The second kappa shape index (κ2) is 8.43. The molecule has 2 aromatic heterocycles. The van der Waals surface area contributed by atoms with Gasteiger partial charge in [-0.25, -0.2) is 4.68 Å². The van der Waals surface area contributed by atoms with Gasteiger partial charge in [-0.3, -0.25) is 9.48 Å². The van der Waals surface area contributed by atoms with E-state index in [1.54, 1.807) is 24.3 Å². The molecular weight excluding hydrogens is 458 g/mol. The standard InChI is InChI=1S/C19H16Cl2F3N5O2/c20-12-2-1-3-14(6-12)31-10-28-8-13(7-25-28)26-15(30)9-29-17(11-4-5-11)16(21)18(27-29)19(22,23)24/h1-3,6-8,11H,4-5,9-10H2,(H,26,30). The summed E-state index contributed by atoms with van der Waals surface area (Å²) < 4.78 is 47.4. The molecule has 1 N–H and O–H groups in total. The number of carbonyl (C=O) groups excluding carboxylic acids is 1. The fourth-order valence-corrected chi connectivity index (χ4v) is 3.61. The Balaban J connectivity index is 1.40. The summed E-state index contributed by atoms with van der Waals surface area (Å²) in [6.45, 7) is -0.322. The molecule has 2 heterocycles. The Hall–Kier alpha value is -2.72. The largest absolute Gasteiger partial charge is 0.471 e. The fraction of sp³-hybridized carbons (Fsp3) is 0.316. The molecule has 31 heavy (non-hydrogen) atoms. The number of rotatable bonds is 7. The van der Waals surface area contributed by atoms with Gasteiger partial charge in [0.25, 0.3) is 0 Å². The summed E-state index contributed by atoms with van der Waals surface area (Å²) in [5.74, 6) is -0.113. The van der Waals surface area contributed by atoms with E-state index in [4.69, 9.17) is 27.9 Å². The summed E-state index contributed by atoms with van der Waals surface area (Å²) in [6, 6.07) is 6.85. The monoisotopic (exact) mass is 473 g/mol. The number of hydrogen-bond acceptors (Lipinski definition) is 4. The van der Waals surface area contributed by atoms with Crippen LogP contribution in [0.2, 0.25) is 10.0 Å². The Bertz CT molecular complexity index is 1110. The zero-order chi connectivity index (χ0) is 22.2. The van der Waals surface area contributed by atoms with Gasteiger partial charge in [0.2, 0.25) is 5.91 Å². The Morgan fingerprint density at radius 1 is 1.29 bits per heavy atom. The van der Waals surface area contributed by atoms with E-state index in [0.29, 0.717) is 29.3 Å². The first-order valence-corrected chi connectivity index (χ1v) is 10.0. The molecule has 1 aliphatic rings. The molecule has 0 radical (unpaired) electrons. The van der Waals surface area contributed by atoms with Crippen molar-refractivity contribution in [3.05, 3.63) is 58.1 Å². The molecule has 1 saturated carbocycles. The average molecular weight is 474 g/mol. The van der Waals surface area contributed by atoms with Crippen LogP contribution in [-0.2, 0) is 24.2 Å². The highest BCUT2D eigenvalue weighted by Crippen LogP contribution is 2.46. The van der Waals surface area contributed by atoms with E-state index in [1.165, 1.54) is 17.1 Å². The van der Waals surface area contributed by atoms with Crippen LogP contribution < -0.4 is 10.1 Å². The van der Waals surface area contributed by atoms with Gasteiger partial charge in [0.05, 0.1) is 28.8 Å². The smallest absolute Gasteiger partial charge is 0.436 e. The van der Waals surface area contributed by atoms with Crippen molar-refractivity contribution in [2.45, 2.75) is 38.2 Å². The third-order valence-corrected chi connectivity index (χ3v) is 5.14. The van der Waals surface area contributed by atoms with Crippen LogP contribution in [0.5, 0.6) is 5.75 Å². The highest BCUT2D eigenvalue weighted by atomic mass is 35.5. The number of nitrogens with one attached hydrogen (secondary N) is 1. The van der Waals surface area contributed by atoms with Crippen LogP contribution in [0, 0.1) is 0 Å². The minimum atomic E-state index is -4.69. The maximum absolute atomic E-state index is 13.1. The lowest BCUT2D eigenvalue weighted by Crippen LogP contribution is -2.21. The van der Waals surface area contributed by atoms with Crippen LogP contribution in [0.25, 0.3) is 0 Å². The van der Waals surface area contributed by atoms with Crippen molar-refractivity contribution < 1.29 is 22.7 Å². The molecule has 1 amide bonds. The summed E-state index contributed by atoms with van der Waals surface area (Å²) >= 11 is 11.8. The summed E-state index contributed by atoms with van der Waals surface area (Å²) in [5.41, 5.74) is -0.563. The van der Waals surface area contributed by atoms with Crippen molar-refractivity contribution in [2.24, 2.45) is 0 Å². The van der Waals surface area contributed by atoms with Crippen LogP contribution in [-0.4, -0.2) is 25.5 Å². The molecule has 12 heteroatoms. The molecule has 1 fully saturated rings. The van der Waals surface area contributed by atoms with Gasteiger partial charge in [-0.15, -0.1) is 0 Å². The minimum absolute atomic E-state index is 0.0751. The van der Waals surface area contributed by atoms with Crippen molar-refractivity contribution in [3.8, 4) is 5.75 Å². The number of aromatic nitrogens is 4. The predicted molar refractivity (Wildman–Crippen MR) is 107 cm³/mol. The van der Waals surface area contributed by atoms with Gasteiger partial charge >= 0.3 is 6.18 Å². The molecule has 4 rings (SSSR count). The Labute approximate surface area is 184 Å². The topological polar surface area (TPSA) is 74.0 Å². The van der Waals surface area contributed by atoms with Gasteiger partial charge in [0.15, 0.2) is 12.4 Å². The Morgan fingerprint density at radius 3 is 2.74 bits per heavy atom. The number of amides is 1. The summed E-state index contributed by atoms with van der Waals surface area (Å²) in [4.78, 5) is 12.4. The van der Waals surface area contributed by atoms with Crippen molar-refractivity contribution in [3.63, 3.8) is 0 Å². The normalized spacial score (nSPS) is 14.0. The lowest BCUT2D eigenvalue weighted by Gasteiger charge is -2.07. The fourth-order valence-electron chi connectivity index (χ4n) is 3.03. The lowest BCUT2D eigenvalue weighted by atomic mass is 10.2. The molecule has 7 nitrogen and oxygen atoms in total. The van der Waals surface area contributed by atoms with Gasteiger partial charge in [-0.2, -0.15) is 23.4 Å². The third-order valence-electron chi connectivity index (χ3n) is 4.53. The Morgan fingerprint density at radius 2 is 2.06 bits per heavy atom. The van der Waals surface area contributed by atoms with E-state index in [0.717, 1.165) is 4.68 Å². The van der Waals surface area contributed by atoms with Gasteiger partial charge in [-0.1, -0.05) is 29.3 Å². The molecule has 0 saturated heterocycles. The quantitative estimate of drug-likeness (QED) is 0.526. The maximum Gasteiger partial charge on any atom is 0.436 e. The first kappa shape index (κ1) is 21.5. The zero-order valence-electron chi connectivity index (χ0n) is 15.9. The van der Waals surface area contributed by atoms with Crippen LogP contribution in [0.4, 0.5) is 18.9 Å². The SMILES string of the molecule is O=C(Cn1nc(C(F)(F)F)c(Cl)c1C1CC1)Nc1cnn(COc2cccc(Cl)c2)c1. The number of anilines is 1. The van der Waals surface area contributed by atoms with Gasteiger partial charge < -0.3 is 10.1 Å². The Kier molecular flexibility index (Phi) is 5.85. The average Bonchev–Trinajstić information content (AvgIpc) is 3.32. The third kappa shape index (κ3) is 5.13. The number of benzene rings is 1. The van der Waals surface area contributed by atoms with E-state index in [9.17, 15) is 18.0 Å². The molecule has 1 aliphatic carbocycles. The molecule has 0 aliphatic heterocycles. The van der Waals surface area contributed by atoms with E-state index in [1.807, 2.05) is 0 Å². The zero-order valence-corrected chi connectivity index (χ0v) is 17.4. The van der Waals surface area contributed by atoms with Gasteiger partial charge in [0.1, 0.15) is 12.3 Å². The minimum Gasteiger partial charge on any atom is -0.471 e. The molecule has 0 unspecified atom stereocenters. The van der Waals surface area contributed by atoms with Gasteiger partial charge in [0, 0.05) is 10.9 Å². The summed E-state index contributed by atoms with van der Waals surface area (Å²) in [6.07, 6.45) is -0.334. The first-order valence-electron chi connectivity index (χ1n) is 9.25. The number of hydrogen-bond donors (Lipinski definition) is 1. The second-order valence-corrected chi connectivity index (χ2v) is 7.84. The summed E-state index contributed by atoms with van der Waals surface area (Å²) in [5, 5.41) is 10.3. The van der Waals surface area contributed by atoms with Crippen molar-refractivity contribution in [1.29, 1.82) is 0 Å². The van der Waals surface area contributed by atoms with Crippen LogP contribution >= 0.6 is 23.2 Å². The highest BCUT2D eigenvalue weighted by molar-refractivity contribution is 6.32. The van der Waals surface area contributed by atoms with Crippen molar-refractivity contribution in [2.75, 3.05) is 5.32 Å². The molecule has 164 valence electrons. The van der Waals surface area contributed by atoms with Crippen LogP contribution in [0.3, 0.4) is 0 Å². The summed E-state index contributed by atoms with van der Waals surface area (Å²) in [7, 11) is 0. The van der Waals surface area contributed by atoms with E-state index < -0.39 is 29.3 Å². The molecular formula is C19H16Cl2F3N5O2. The predicted octanol–water partition coefficient (Wildman–Crippen LogP) is 4.96. The van der Waals surface area contributed by atoms with Crippen LogP contribution in [0.15, 0.2) is 36.7 Å². The number of halogens is 5. The van der Waals surface area contributed by atoms with Gasteiger partial charge in [-0.05, 0) is 31.0 Å². The molecule has 0 atom stereocenters. The highest BCUT2D eigenvalue weighted by Gasteiger charge is 2.42. The molecule has 3 aromatic rings. The van der Waals surface area contributed by atoms with Crippen LogP contribution in [0.1, 0.15) is 30.1 Å².